The highest BCUT2D eigenvalue weighted by Crippen LogP contribution is 2.25. The Balaban J connectivity index is 2.86. The van der Waals surface area contributed by atoms with E-state index >= 15 is 0 Å². The van der Waals surface area contributed by atoms with Crippen molar-refractivity contribution in [1.29, 1.82) is 0 Å². The van der Waals surface area contributed by atoms with Crippen LogP contribution in [0.15, 0.2) is 24.3 Å². The highest BCUT2D eigenvalue weighted by atomic mass is 35.5. The maximum absolute atomic E-state index is 12.0. The molecule has 130 valence electrons. The van der Waals surface area contributed by atoms with Gasteiger partial charge in [0.15, 0.2) is 0 Å². The number of benzene rings is 1. The summed E-state index contributed by atoms with van der Waals surface area (Å²) >= 11 is 12.0. The van der Waals surface area contributed by atoms with Gasteiger partial charge in [0, 0.05) is 21.7 Å². The summed E-state index contributed by atoms with van der Waals surface area (Å²) in [7, 11) is 0. The van der Waals surface area contributed by atoms with E-state index in [1.54, 1.807) is 32.0 Å². The predicted molar refractivity (Wildman–Crippen MR) is 90.7 cm³/mol. The van der Waals surface area contributed by atoms with Crippen molar-refractivity contribution in [2.75, 3.05) is 13.2 Å². The van der Waals surface area contributed by atoms with Gasteiger partial charge in [0.05, 0.1) is 13.2 Å². The van der Waals surface area contributed by atoms with Crippen LogP contribution in [0, 0.1) is 0 Å². The molecule has 0 heterocycles. The molecule has 1 aromatic carbocycles. The average Bonchev–Trinajstić information content (AvgIpc) is 2.52. The Kier molecular flexibility index (Phi) is 8.29. The molecule has 0 saturated heterocycles. The van der Waals surface area contributed by atoms with Crippen LogP contribution in [0.5, 0.6) is 0 Å². The van der Waals surface area contributed by atoms with Gasteiger partial charge >= 0.3 is 11.9 Å². The van der Waals surface area contributed by atoms with Gasteiger partial charge in [-0.2, -0.15) is 0 Å². The number of esters is 2. The van der Waals surface area contributed by atoms with Crippen LogP contribution in [0.4, 0.5) is 0 Å². The maximum Gasteiger partial charge on any atom is 0.340 e. The monoisotopic (exact) mass is 373 g/mol. The number of halogens is 2. The van der Waals surface area contributed by atoms with Gasteiger partial charge in [-0.3, -0.25) is 4.79 Å². The smallest absolute Gasteiger partial charge is 0.340 e. The highest BCUT2D eigenvalue weighted by Gasteiger charge is 2.30. The summed E-state index contributed by atoms with van der Waals surface area (Å²) in [6.07, 6.45) is 2.49. The molecule has 0 saturated carbocycles. The maximum atomic E-state index is 12.0. The molecule has 8 heteroatoms. The van der Waals surface area contributed by atoms with Crippen LogP contribution in [-0.2, 0) is 23.9 Å². The number of carbonyl (C=O) groups excluding carboxylic acids is 3. The molecule has 1 amide bonds. The van der Waals surface area contributed by atoms with Gasteiger partial charge in [0.2, 0.25) is 11.9 Å². The van der Waals surface area contributed by atoms with Crippen molar-refractivity contribution in [1.82, 2.24) is 5.32 Å². The fourth-order valence-electron chi connectivity index (χ4n) is 1.68. The third-order valence-corrected chi connectivity index (χ3v) is 3.39. The lowest BCUT2D eigenvalue weighted by molar-refractivity contribution is -0.159. The molecule has 0 fully saturated rings. The number of rotatable bonds is 7. The summed E-state index contributed by atoms with van der Waals surface area (Å²) in [6.45, 7) is 3.30. The number of ether oxygens (including phenoxy) is 2. The minimum atomic E-state index is -1.54. The van der Waals surface area contributed by atoms with E-state index in [-0.39, 0.29) is 13.2 Å². The van der Waals surface area contributed by atoms with Crippen LogP contribution in [0.2, 0.25) is 10.0 Å². The first-order chi connectivity index (χ1) is 11.4. The molecule has 1 rings (SSSR count). The molecule has 0 aromatic heterocycles. The number of nitrogens with one attached hydrogen (secondary N) is 1. The molecule has 0 aliphatic carbocycles. The van der Waals surface area contributed by atoms with E-state index in [1.165, 1.54) is 6.08 Å². The first-order valence-electron chi connectivity index (χ1n) is 7.16. The molecule has 1 aromatic rings. The summed E-state index contributed by atoms with van der Waals surface area (Å²) in [5, 5.41) is 2.95. The second-order valence-electron chi connectivity index (χ2n) is 4.41. The third-order valence-electron chi connectivity index (χ3n) is 2.73. The van der Waals surface area contributed by atoms with Crippen molar-refractivity contribution < 1.29 is 23.9 Å². The Morgan fingerprint density at radius 1 is 1.08 bits per heavy atom. The lowest BCUT2D eigenvalue weighted by Gasteiger charge is -2.14. The fourth-order valence-corrected chi connectivity index (χ4v) is 2.21. The Labute approximate surface area is 149 Å². The fraction of sp³-hybridized carbons (Fsp3) is 0.312. The Hall–Kier alpha value is -2.05. The van der Waals surface area contributed by atoms with Crippen molar-refractivity contribution in [3.63, 3.8) is 0 Å². The van der Waals surface area contributed by atoms with Gasteiger partial charge in [-0.05, 0) is 32.1 Å². The number of amides is 1. The molecule has 0 radical (unpaired) electrons. The number of hydrogen-bond acceptors (Lipinski definition) is 5. The molecule has 0 spiro atoms. The zero-order chi connectivity index (χ0) is 18.1. The molecule has 0 bridgehead atoms. The van der Waals surface area contributed by atoms with Crippen LogP contribution >= 0.6 is 23.2 Å². The van der Waals surface area contributed by atoms with Gasteiger partial charge < -0.3 is 14.8 Å². The normalized spacial score (nSPS) is 10.7. The first-order valence-corrected chi connectivity index (χ1v) is 7.92. The molecule has 0 aliphatic rings. The molecule has 0 aliphatic heterocycles. The largest absolute Gasteiger partial charge is 0.464 e. The lowest BCUT2D eigenvalue weighted by atomic mass is 10.2. The number of carbonyl (C=O) groups is 3. The minimum absolute atomic E-state index is 0.0652. The first kappa shape index (κ1) is 20.0. The van der Waals surface area contributed by atoms with Crippen LogP contribution < -0.4 is 5.32 Å². The predicted octanol–water partition coefficient (Wildman–Crippen LogP) is 2.62. The van der Waals surface area contributed by atoms with Crippen molar-refractivity contribution >= 4 is 47.1 Å². The summed E-state index contributed by atoms with van der Waals surface area (Å²) in [6, 6.07) is 3.36. The van der Waals surface area contributed by atoms with Crippen molar-refractivity contribution in [2.24, 2.45) is 0 Å². The molecular formula is C16H17Cl2NO5. The third kappa shape index (κ3) is 5.86. The Morgan fingerprint density at radius 2 is 1.58 bits per heavy atom. The molecule has 0 unspecified atom stereocenters. The van der Waals surface area contributed by atoms with Gasteiger partial charge in [-0.15, -0.1) is 0 Å². The molecule has 24 heavy (non-hydrogen) atoms. The second-order valence-corrected chi connectivity index (χ2v) is 5.23. The van der Waals surface area contributed by atoms with E-state index in [0.717, 1.165) is 6.08 Å². The van der Waals surface area contributed by atoms with Crippen LogP contribution in [0.25, 0.3) is 6.08 Å². The minimum Gasteiger partial charge on any atom is -0.464 e. The van der Waals surface area contributed by atoms with E-state index < -0.39 is 23.9 Å². The van der Waals surface area contributed by atoms with Gasteiger partial charge in [-0.25, -0.2) is 9.59 Å². The summed E-state index contributed by atoms with van der Waals surface area (Å²) in [4.78, 5) is 35.5. The Morgan fingerprint density at radius 3 is 2.04 bits per heavy atom. The zero-order valence-corrected chi connectivity index (χ0v) is 14.7. The van der Waals surface area contributed by atoms with Gasteiger partial charge in [0.25, 0.3) is 0 Å². The standard InChI is InChI=1S/C16H17Cl2NO5/c1-3-23-15(21)14(16(22)24-4-2)19-13(20)9-8-10-11(17)6-5-7-12(10)18/h5-9,14H,3-4H2,1-2H3,(H,19,20). The van der Waals surface area contributed by atoms with Crippen molar-refractivity contribution in [3.05, 3.63) is 39.9 Å². The molecule has 6 nitrogen and oxygen atoms in total. The molecule has 1 N–H and O–H groups in total. The second kappa shape index (κ2) is 9.95. The van der Waals surface area contributed by atoms with E-state index in [0.29, 0.717) is 15.6 Å². The quantitative estimate of drug-likeness (QED) is 0.451. The summed E-state index contributed by atoms with van der Waals surface area (Å²) in [5.74, 6) is -2.49. The Bertz CT molecular complexity index is 607. The average molecular weight is 374 g/mol. The van der Waals surface area contributed by atoms with Crippen molar-refractivity contribution in [2.45, 2.75) is 19.9 Å². The lowest BCUT2D eigenvalue weighted by Crippen LogP contribution is -2.47. The summed E-state index contributed by atoms with van der Waals surface area (Å²) in [5.41, 5.74) is 0.444. The number of hydrogen-bond donors (Lipinski definition) is 1. The van der Waals surface area contributed by atoms with E-state index in [2.05, 4.69) is 5.32 Å². The topological polar surface area (TPSA) is 81.7 Å². The highest BCUT2D eigenvalue weighted by molar-refractivity contribution is 6.37. The van der Waals surface area contributed by atoms with E-state index in [9.17, 15) is 14.4 Å². The summed E-state index contributed by atoms with van der Waals surface area (Å²) < 4.78 is 9.51. The van der Waals surface area contributed by atoms with Gasteiger partial charge in [-0.1, -0.05) is 29.3 Å². The SMILES string of the molecule is CCOC(=O)C(NC(=O)C=Cc1c(Cl)cccc1Cl)C(=O)OCC. The van der Waals surface area contributed by atoms with Crippen LogP contribution in [0.1, 0.15) is 19.4 Å². The van der Waals surface area contributed by atoms with Crippen molar-refractivity contribution in [3.8, 4) is 0 Å². The zero-order valence-electron chi connectivity index (χ0n) is 13.2. The van der Waals surface area contributed by atoms with Crippen LogP contribution in [0.3, 0.4) is 0 Å². The molecular weight excluding hydrogens is 357 g/mol. The van der Waals surface area contributed by atoms with Gasteiger partial charge in [0.1, 0.15) is 0 Å². The van der Waals surface area contributed by atoms with Crippen LogP contribution in [-0.4, -0.2) is 37.1 Å². The van der Waals surface area contributed by atoms with E-state index in [1.807, 2.05) is 0 Å². The van der Waals surface area contributed by atoms with E-state index in [4.69, 9.17) is 32.7 Å². The molecule has 0 atom stereocenters.